The number of imidazole rings is 1. The molecule has 0 radical (unpaired) electrons. The Morgan fingerprint density at radius 2 is 1.79 bits per heavy atom. The van der Waals surface area contributed by atoms with E-state index in [-0.39, 0.29) is 29.9 Å². The number of alkyl carbamates (subject to hydrolysis) is 1. The van der Waals surface area contributed by atoms with Crippen molar-refractivity contribution in [3.8, 4) is 11.3 Å². The van der Waals surface area contributed by atoms with Crippen molar-refractivity contribution in [3.05, 3.63) is 75.3 Å². The van der Waals surface area contributed by atoms with Gasteiger partial charge in [0.25, 0.3) is 0 Å². The molecule has 0 bridgehead atoms. The first-order chi connectivity index (χ1) is 17.8. The summed E-state index contributed by atoms with van der Waals surface area (Å²) in [4.78, 5) is 16.1. The lowest BCUT2D eigenvalue weighted by Crippen LogP contribution is -2.50. The number of alkyl halides is 2. The number of hydrogen-bond acceptors (Lipinski definition) is 5. The fourth-order valence-corrected chi connectivity index (χ4v) is 3.98. The van der Waals surface area contributed by atoms with Crippen molar-refractivity contribution < 1.29 is 32.2 Å². The zero-order valence-corrected chi connectivity index (χ0v) is 23.2. The van der Waals surface area contributed by atoms with Crippen molar-refractivity contribution in [1.82, 2.24) is 20.2 Å². The molecule has 3 N–H and O–H groups in total. The standard InChI is InChI=1S/C26H29F4IN4O3/c1-26(2,3)38-25(37)34-21(8-15-4-6-17(31)7-5-15)23(36)12-32-11-18-19(27)9-16(10-20(18)28)22-13-35(14-33-22)24(29)30/h4-7,9-10,13-14,21,23-24,32,36H,8,11-12H2,1-3H3,(H,34,37)/t21-,23-/m0/s1. The van der Waals surface area contributed by atoms with Crippen LogP contribution in [0, 0.1) is 15.2 Å². The zero-order valence-electron chi connectivity index (χ0n) is 21.0. The molecule has 0 spiro atoms. The molecule has 1 amide bonds. The van der Waals surface area contributed by atoms with Gasteiger partial charge in [-0.25, -0.2) is 18.6 Å². The minimum absolute atomic E-state index is 0.00434. The molecule has 2 atom stereocenters. The van der Waals surface area contributed by atoms with E-state index in [1.54, 1.807) is 20.8 Å². The summed E-state index contributed by atoms with van der Waals surface area (Å²) in [6.45, 7) is 1.99. The number of ether oxygens (including phenoxy) is 1. The van der Waals surface area contributed by atoms with Gasteiger partial charge in [-0.05, 0) is 79.6 Å². The van der Waals surface area contributed by atoms with E-state index in [1.807, 2.05) is 24.3 Å². The molecule has 0 aliphatic carbocycles. The zero-order chi connectivity index (χ0) is 28.0. The molecular weight excluding hydrogens is 619 g/mol. The highest BCUT2D eigenvalue weighted by Gasteiger charge is 2.25. The van der Waals surface area contributed by atoms with E-state index in [2.05, 4.69) is 38.2 Å². The second-order valence-corrected chi connectivity index (χ2v) is 10.9. The number of aromatic nitrogens is 2. The van der Waals surface area contributed by atoms with E-state index in [1.165, 1.54) is 0 Å². The number of benzene rings is 2. The molecule has 12 heteroatoms. The summed E-state index contributed by atoms with van der Waals surface area (Å²) in [5.74, 6) is -1.79. The van der Waals surface area contributed by atoms with E-state index < -0.39 is 42.0 Å². The highest BCUT2D eigenvalue weighted by molar-refractivity contribution is 14.1. The Labute approximate surface area is 231 Å². The Morgan fingerprint density at radius 3 is 2.34 bits per heavy atom. The van der Waals surface area contributed by atoms with E-state index in [0.29, 0.717) is 11.0 Å². The van der Waals surface area contributed by atoms with Crippen LogP contribution in [0.25, 0.3) is 11.3 Å². The molecular formula is C26H29F4IN4O3. The maximum absolute atomic E-state index is 14.7. The third kappa shape index (κ3) is 8.67. The highest BCUT2D eigenvalue weighted by Crippen LogP contribution is 2.25. The molecule has 0 aliphatic heterocycles. The molecule has 2 aromatic carbocycles. The molecule has 0 unspecified atom stereocenters. The molecule has 3 aromatic rings. The Kier molecular flexibility index (Phi) is 10.1. The quantitative estimate of drug-likeness (QED) is 0.202. The number of halogens is 5. The van der Waals surface area contributed by atoms with Crippen LogP contribution in [-0.4, -0.2) is 45.0 Å². The van der Waals surface area contributed by atoms with Gasteiger partial charge in [0.1, 0.15) is 17.2 Å². The van der Waals surface area contributed by atoms with Crippen LogP contribution in [0.3, 0.4) is 0 Å². The third-order valence-corrected chi connectivity index (χ3v) is 6.17. The van der Waals surface area contributed by atoms with Crippen LogP contribution >= 0.6 is 22.6 Å². The number of carbonyl (C=O) groups excluding carboxylic acids is 1. The lowest BCUT2D eigenvalue weighted by molar-refractivity contribution is 0.0422. The molecule has 206 valence electrons. The second-order valence-electron chi connectivity index (χ2n) is 9.68. The van der Waals surface area contributed by atoms with Crippen molar-refractivity contribution in [2.75, 3.05) is 6.54 Å². The van der Waals surface area contributed by atoms with Gasteiger partial charge in [-0.15, -0.1) is 0 Å². The number of nitrogens with one attached hydrogen (secondary N) is 2. The van der Waals surface area contributed by atoms with Crippen molar-refractivity contribution in [3.63, 3.8) is 0 Å². The number of amides is 1. The number of aliphatic hydroxyl groups excluding tert-OH is 1. The van der Waals surface area contributed by atoms with E-state index in [4.69, 9.17) is 4.74 Å². The summed E-state index contributed by atoms with van der Waals surface area (Å²) >= 11 is 2.17. The van der Waals surface area contributed by atoms with E-state index in [0.717, 1.165) is 33.8 Å². The fourth-order valence-electron chi connectivity index (χ4n) is 3.62. The van der Waals surface area contributed by atoms with Gasteiger partial charge in [0, 0.05) is 34.0 Å². The molecule has 38 heavy (non-hydrogen) atoms. The third-order valence-electron chi connectivity index (χ3n) is 5.45. The summed E-state index contributed by atoms with van der Waals surface area (Å²) in [6, 6.07) is 8.83. The van der Waals surface area contributed by atoms with Crippen LogP contribution in [0.15, 0.2) is 48.9 Å². The van der Waals surface area contributed by atoms with Gasteiger partial charge >= 0.3 is 12.6 Å². The van der Waals surface area contributed by atoms with Gasteiger partial charge < -0.3 is 20.5 Å². The minimum atomic E-state index is -2.82. The van der Waals surface area contributed by atoms with Crippen LogP contribution in [0.1, 0.15) is 38.4 Å². The van der Waals surface area contributed by atoms with Gasteiger partial charge in [0.2, 0.25) is 0 Å². The van der Waals surface area contributed by atoms with E-state index in [9.17, 15) is 27.5 Å². The number of aliphatic hydroxyl groups is 1. The summed E-state index contributed by atoms with van der Waals surface area (Å²) in [5.41, 5.74) is -0.137. The lowest BCUT2D eigenvalue weighted by atomic mass is 10.0. The Bertz CT molecular complexity index is 1210. The first-order valence-corrected chi connectivity index (χ1v) is 12.8. The lowest BCUT2D eigenvalue weighted by Gasteiger charge is -2.27. The fraction of sp³-hybridized carbons (Fsp3) is 0.385. The predicted octanol–water partition coefficient (Wildman–Crippen LogP) is 5.41. The summed E-state index contributed by atoms with van der Waals surface area (Å²) in [7, 11) is 0. The molecule has 0 fully saturated rings. The van der Waals surface area contributed by atoms with E-state index >= 15 is 0 Å². The average Bonchev–Trinajstić information content (AvgIpc) is 3.31. The molecule has 0 aliphatic rings. The smallest absolute Gasteiger partial charge is 0.407 e. The van der Waals surface area contributed by atoms with Crippen LogP contribution in [-0.2, 0) is 17.7 Å². The number of rotatable bonds is 10. The molecule has 1 heterocycles. The van der Waals surface area contributed by atoms with Crippen LogP contribution in [0.2, 0.25) is 0 Å². The van der Waals surface area contributed by atoms with Gasteiger partial charge in [0.15, 0.2) is 0 Å². The minimum Gasteiger partial charge on any atom is -0.444 e. The van der Waals surface area contributed by atoms with Crippen LogP contribution in [0.5, 0.6) is 0 Å². The maximum atomic E-state index is 14.7. The van der Waals surface area contributed by atoms with Gasteiger partial charge in [-0.3, -0.25) is 4.57 Å². The van der Waals surface area contributed by atoms with Crippen molar-refractivity contribution in [2.24, 2.45) is 0 Å². The Hall–Kier alpha value is -2.71. The van der Waals surface area contributed by atoms with Gasteiger partial charge in [0.05, 0.1) is 24.2 Å². The first kappa shape index (κ1) is 29.8. The predicted molar refractivity (Wildman–Crippen MR) is 143 cm³/mol. The maximum Gasteiger partial charge on any atom is 0.407 e. The average molecular weight is 648 g/mol. The van der Waals surface area contributed by atoms with Crippen LogP contribution in [0.4, 0.5) is 22.4 Å². The van der Waals surface area contributed by atoms with Gasteiger partial charge in [-0.2, -0.15) is 8.78 Å². The molecule has 0 saturated heterocycles. The Balaban J connectivity index is 1.67. The molecule has 7 nitrogen and oxygen atoms in total. The molecule has 0 saturated carbocycles. The van der Waals surface area contributed by atoms with Crippen molar-refractivity contribution in [2.45, 2.75) is 58.0 Å². The number of hydrogen-bond donors (Lipinski definition) is 3. The highest BCUT2D eigenvalue weighted by atomic mass is 127. The normalized spacial score (nSPS) is 13.4. The largest absolute Gasteiger partial charge is 0.444 e. The molecule has 3 rings (SSSR count). The SMILES string of the molecule is CC(C)(C)OC(=O)N[C@@H](Cc1ccc(I)cc1)[C@@H](O)CNCc1c(F)cc(-c2cn(C(F)F)cn2)cc1F. The summed E-state index contributed by atoms with van der Waals surface area (Å²) < 4.78 is 61.8. The Morgan fingerprint density at radius 1 is 1.16 bits per heavy atom. The van der Waals surface area contributed by atoms with Crippen LogP contribution < -0.4 is 10.6 Å². The summed E-state index contributed by atoms with van der Waals surface area (Å²) in [5, 5.41) is 16.3. The first-order valence-electron chi connectivity index (χ1n) is 11.7. The summed E-state index contributed by atoms with van der Waals surface area (Å²) in [6.07, 6.45) is 0.352. The van der Waals surface area contributed by atoms with Crippen molar-refractivity contribution >= 4 is 28.7 Å². The molecule has 1 aromatic heterocycles. The topological polar surface area (TPSA) is 88.4 Å². The van der Waals surface area contributed by atoms with Gasteiger partial charge in [-0.1, -0.05) is 12.1 Å². The van der Waals surface area contributed by atoms with Crippen molar-refractivity contribution in [1.29, 1.82) is 0 Å². The second kappa shape index (κ2) is 12.9. The number of nitrogens with zero attached hydrogens (tertiary/aromatic N) is 2. The number of carbonyl (C=O) groups is 1. The monoisotopic (exact) mass is 648 g/mol.